The quantitative estimate of drug-likeness (QED) is 0.746. The highest BCUT2D eigenvalue weighted by Crippen LogP contribution is 2.40. The molecule has 0 bridgehead atoms. The minimum atomic E-state index is -3.11. The van der Waals surface area contributed by atoms with Crippen LogP contribution in [-0.2, 0) is 15.4 Å². The van der Waals surface area contributed by atoms with Gasteiger partial charge in [0.15, 0.2) is 21.5 Å². The van der Waals surface area contributed by atoms with Crippen LogP contribution in [0.2, 0.25) is 0 Å². The lowest BCUT2D eigenvalue weighted by molar-refractivity contribution is 0.322. The first-order chi connectivity index (χ1) is 12.8. The fourth-order valence-electron chi connectivity index (χ4n) is 4.19. The van der Waals surface area contributed by atoms with Crippen LogP contribution in [0.4, 0.5) is 4.39 Å². The van der Waals surface area contributed by atoms with E-state index in [1.165, 1.54) is 12.1 Å². The first-order valence-electron chi connectivity index (χ1n) is 9.30. The van der Waals surface area contributed by atoms with Gasteiger partial charge in [-0.2, -0.15) is 5.10 Å². The van der Waals surface area contributed by atoms with E-state index in [0.29, 0.717) is 23.7 Å². The number of fused-ring (bicyclic) bond motifs is 1. The molecule has 2 aromatic heterocycles. The van der Waals surface area contributed by atoms with Gasteiger partial charge in [0, 0.05) is 23.1 Å². The molecular formula is C19H21FN4O2S. The number of halogens is 1. The number of benzene rings is 1. The third-order valence-electron chi connectivity index (χ3n) is 5.95. The van der Waals surface area contributed by atoms with Gasteiger partial charge in [-0.3, -0.25) is 0 Å². The third-order valence-corrected chi connectivity index (χ3v) is 7.84. The molecule has 2 fully saturated rings. The van der Waals surface area contributed by atoms with Crippen LogP contribution in [0.25, 0.3) is 22.3 Å². The van der Waals surface area contributed by atoms with Crippen LogP contribution in [0.1, 0.15) is 44.3 Å². The summed E-state index contributed by atoms with van der Waals surface area (Å²) in [5.41, 5.74) is 0.738. The molecular weight excluding hydrogens is 367 g/mol. The molecule has 27 heavy (non-hydrogen) atoms. The van der Waals surface area contributed by atoms with Gasteiger partial charge in [-0.15, -0.1) is 0 Å². The Kier molecular flexibility index (Phi) is 3.53. The second-order valence-corrected chi connectivity index (χ2v) is 10.3. The Labute approximate surface area is 156 Å². The van der Waals surface area contributed by atoms with Crippen LogP contribution in [0.3, 0.4) is 0 Å². The number of sulfone groups is 1. The third kappa shape index (κ3) is 2.69. The van der Waals surface area contributed by atoms with E-state index in [0.717, 1.165) is 36.0 Å². The van der Waals surface area contributed by atoms with Crippen molar-refractivity contribution in [2.24, 2.45) is 0 Å². The van der Waals surface area contributed by atoms with E-state index in [2.05, 4.69) is 4.98 Å². The SMILES string of the molecule is CC1(n2nc(C3CCC3)nc2-c2cc(F)cc3cc[nH]c23)CCS(=O)(=O)C1. The number of hydrogen-bond acceptors (Lipinski definition) is 4. The number of aromatic nitrogens is 4. The molecule has 1 saturated carbocycles. The number of nitrogens with zero attached hydrogens (tertiary/aromatic N) is 3. The fraction of sp³-hybridized carbons (Fsp3) is 0.474. The summed E-state index contributed by atoms with van der Waals surface area (Å²) in [6, 6.07) is 4.75. The molecule has 0 spiro atoms. The van der Waals surface area contributed by atoms with Gasteiger partial charge >= 0.3 is 0 Å². The Morgan fingerprint density at radius 2 is 2.15 bits per heavy atom. The van der Waals surface area contributed by atoms with Crippen molar-refractivity contribution < 1.29 is 12.8 Å². The smallest absolute Gasteiger partial charge is 0.161 e. The standard InChI is InChI=1S/C19H21FN4O2S/c1-19(6-8-27(25,26)11-19)24-18(22-17(23-24)12-3-2-4-12)15-10-14(20)9-13-5-7-21-16(13)15/h5,7,9-10,12,21H,2-4,6,8,11H2,1H3. The van der Waals surface area contributed by atoms with E-state index in [1.807, 2.05) is 13.0 Å². The second-order valence-electron chi connectivity index (χ2n) is 8.07. The molecule has 3 aromatic rings. The van der Waals surface area contributed by atoms with Gasteiger partial charge in [-0.05, 0) is 44.4 Å². The average Bonchev–Trinajstić information content (AvgIpc) is 3.23. The van der Waals surface area contributed by atoms with Gasteiger partial charge < -0.3 is 4.98 Å². The van der Waals surface area contributed by atoms with E-state index >= 15 is 0 Å². The number of H-pyrrole nitrogens is 1. The van der Waals surface area contributed by atoms with Crippen LogP contribution in [-0.4, -0.2) is 39.7 Å². The summed E-state index contributed by atoms with van der Waals surface area (Å²) in [5.74, 6) is 1.42. The van der Waals surface area contributed by atoms with Crippen LogP contribution >= 0.6 is 0 Å². The Bertz CT molecular complexity index is 1150. The van der Waals surface area contributed by atoms with Crippen molar-refractivity contribution >= 4 is 20.7 Å². The lowest BCUT2D eigenvalue weighted by atomic mass is 9.85. The molecule has 1 atom stereocenters. The lowest BCUT2D eigenvalue weighted by Crippen LogP contribution is -2.33. The minimum Gasteiger partial charge on any atom is -0.361 e. The van der Waals surface area contributed by atoms with Crippen molar-refractivity contribution in [2.45, 2.75) is 44.1 Å². The highest BCUT2D eigenvalue weighted by molar-refractivity contribution is 7.91. The van der Waals surface area contributed by atoms with Crippen molar-refractivity contribution in [3.63, 3.8) is 0 Å². The van der Waals surface area contributed by atoms with Gasteiger partial charge in [0.05, 0.1) is 22.6 Å². The Morgan fingerprint density at radius 3 is 2.81 bits per heavy atom. The number of nitrogens with one attached hydrogen (secondary N) is 1. The van der Waals surface area contributed by atoms with E-state index < -0.39 is 15.4 Å². The number of aromatic amines is 1. The Morgan fingerprint density at radius 1 is 1.33 bits per heavy atom. The molecule has 1 N–H and O–H groups in total. The van der Waals surface area contributed by atoms with E-state index in [-0.39, 0.29) is 17.3 Å². The maximum absolute atomic E-state index is 14.3. The zero-order valence-electron chi connectivity index (χ0n) is 15.1. The maximum atomic E-state index is 14.3. The van der Waals surface area contributed by atoms with E-state index in [4.69, 9.17) is 10.1 Å². The molecule has 1 saturated heterocycles. The van der Waals surface area contributed by atoms with Gasteiger partial charge in [0.2, 0.25) is 0 Å². The van der Waals surface area contributed by atoms with Crippen LogP contribution in [0, 0.1) is 5.82 Å². The summed E-state index contributed by atoms with van der Waals surface area (Å²) in [6.45, 7) is 1.91. The van der Waals surface area contributed by atoms with E-state index in [9.17, 15) is 12.8 Å². The van der Waals surface area contributed by atoms with E-state index in [1.54, 1.807) is 10.9 Å². The predicted molar refractivity (Wildman–Crippen MR) is 101 cm³/mol. The summed E-state index contributed by atoms with van der Waals surface area (Å²) < 4.78 is 40.4. The van der Waals surface area contributed by atoms with Crippen molar-refractivity contribution in [2.75, 3.05) is 11.5 Å². The highest BCUT2D eigenvalue weighted by Gasteiger charge is 2.43. The average molecular weight is 388 g/mol. The van der Waals surface area contributed by atoms with Gasteiger partial charge in [0.25, 0.3) is 0 Å². The molecule has 0 amide bonds. The van der Waals surface area contributed by atoms with Crippen LogP contribution < -0.4 is 0 Å². The first kappa shape index (κ1) is 16.9. The monoisotopic (exact) mass is 388 g/mol. The van der Waals surface area contributed by atoms with Crippen molar-refractivity contribution in [3.8, 4) is 11.4 Å². The summed E-state index contributed by atoms with van der Waals surface area (Å²) in [5, 5.41) is 5.51. The molecule has 142 valence electrons. The molecule has 3 heterocycles. The zero-order valence-corrected chi connectivity index (χ0v) is 15.9. The van der Waals surface area contributed by atoms with Crippen LogP contribution in [0.5, 0.6) is 0 Å². The molecule has 2 aliphatic rings. The molecule has 1 aliphatic carbocycles. The normalized spacial score (nSPS) is 25.1. The minimum absolute atomic E-state index is 0.0314. The molecule has 8 heteroatoms. The Hall–Kier alpha value is -2.22. The van der Waals surface area contributed by atoms with Gasteiger partial charge in [0.1, 0.15) is 5.82 Å². The molecule has 1 aromatic carbocycles. The fourth-order valence-corrected chi connectivity index (χ4v) is 6.30. The zero-order chi connectivity index (χ0) is 18.8. The molecule has 5 rings (SSSR count). The molecule has 6 nitrogen and oxygen atoms in total. The topological polar surface area (TPSA) is 80.6 Å². The summed E-state index contributed by atoms with van der Waals surface area (Å²) in [4.78, 5) is 7.94. The van der Waals surface area contributed by atoms with Crippen molar-refractivity contribution in [3.05, 3.63) is 36.0 Å². The summed E-state index contributed by atoms with van der Waals surface area (Å²) >= 11 is 0. The Balaban J connectivity index is 1.73. The first-order valence-corrected chi connectivity index (χ1v) is 11.1. The van der Waals surface area contributed by atoms with Gasteiger partial charge in [-0.25, -0.2) is 22.5 Å². The predicted octanol–water partition coefficient (Wildman–Crippen LogP) is 3.37. The molecule has 1 unspecified atom stereocenters. The molecule has 1 aliphatic heterocycles. The van der Waals surface area contributed by atoms with Crippen molar-refractivity contribution in [1.29, 1.82) is 0 Å². The summed E-state index contributed by atoms with van der Waals surface area (Å²) in [7, 11) is -3.11. The number of hydrogen-bond donors (Lipinski definition) is 1. The largest absolute Gasteiger partial charge is 0.361 e. The number of rotatable bonds is 3. The summed E-state index contributed by atoms with van der Waals surface area (Å²) in [6.07, 6.45) is 5.49. The van der Waals surface area contributed by atoms with Crippen molar-refractivity contribution in [1.82, 2.24) is 19.7 Å². The van der Waals surface area contributed by atoms with Gasteiger partial charge in [-0.1, -0.05) is 6.42 Å². The lowest BCUT2D eigenvalue weighted by Gasteiger charge is -2.25. The highest BCUT2D eigenvalue weighted by atomic mass is 32.2. The molecule has 0 radical (unpaired) electrons. The van der Waals surface area contributed by atoms with Crippen LogP contribution in [0.15, 0.2) is 24.4 Å². The second kappa shape index (κ2) is 5.64. The maximum Gasteiger partial charge on any atom is 0.161 e.